The lowest BCUT2D eigenvalue weighted by Gasteiger charge is -2.15. The van der Waals surface area contributed by atoms with E-state index in [9.17, 15) is 4.79 Å². The molecule has 1 heterocycles. The van der Waals surface area contributed by atoms with Crippen LogP contribution in [0.5, 0.6) is 11.5 Å². The molecule has 1 atom stereocenters. The summed E-state index contributed by atoms with van der Waals surface area (Å²) >= 11 is 3.44. The molecule has 1 unspecified atom stereocenters. The predicted molar refractivity (Wildman–Crippen MR) is 118 cm³/mol. The average Bonchev–Trinajstić information content (AvgIpc) is 3.07. The Morgan fingerprint density at radius 3 is 2.28 bits per heavy atom. The van der Waals surface area contributed by atoms with Crippen molar-refractivity contribution >= 4 is 38.9 Å². The highest BCUT2D eigenvalue weighted by molar-refractivity contribution is 9.10. The van der Waals surface area contributed by atoms with Crippen LogP contribution in [0.15, 0.2) is 76.2 Å². The average molecular weight is 451 g/mol. The predicted octanol–water partition coefficient (Wildman–Crippen LogP) is 5.32. The van der Waals surface area contributed by atoms with E-state index in [1.165, 1.54) is 0 Å². The minimum atomic E-state index is -0.559. The van der Waals surface area contributed by atoms with E-state index in [0.717, 1.165) is 21.3 Å². The molecule has 0 spiro atoms. The van der Waals surface area contributed by atoms with Gasteiger partial charge in [0.05, 0.1) is 25.6 Å². The summed E-state index contributed by atoms with van der Waals surface area (Å²) < 4.78 is 11.8. The Kier molecular flexibility index (Phi) is 5.36. The van der Waals surface area contributed by atoms with Gasteiger partial charge in [-0.25, -0.2) is 0 Å². The highest BCUT2D eigenvalue weighted by atomic mass is 79.9. The van der Waals surface area contributed by atoms with Crippen molar-refractivity contribution in [1.29, 1.82) is 0 Å². The molecule has 0 aliphatic carbocycles. The quantitative estimate of drug-likeness (QED) is 0.534. The van der Waals surface area contributed by atoms with E-state index in [4.69, 9.17) is 14.5 Å². The third kappa shape index (κ3) is 3.76. The molecule has 1 aliphatic rings. The van der Waals surface area contributed by atoms with Crippen molar-refractivity contribution < 1.29 is 14.3 Å². The van der Waals surface area contributed by atoms with Gasteiger partial charge in [-0.15, -0.1) is 0 Å². The first-order valence-corrected chi connectivity index (χ1v) is 9.86. The van der Waals surface area contributed by atoms with Gasteiger partial charge in [0.2, 0.25) is 5.91 Å². The lowest BCUT2D eigenvalue weighted by Crippen LogP contribution is -2.22. The summed E-state index contributed by atoms with van der Waals surface area (Å²) in [4.78, 5) is 17.9. The van der Waals surface area contributed by atoms with Crippen LogP contribution >= 0.6 is 15.9 Å². The Hall–Kier alpha value is -3.12. The SMILES string of the molecule is COc1cc2c(cc1OC)C(C(=Nc1ccc(Br)cc1)c1ccccc1)C(=O)N2. The topological polar surface area (TPSA) is 59.9 Å². The summed E-state index contributed by atoms with van der Waals surface area (Å²) in [5.74, 6) is 0.452. The van der Waals surface area contributed by atoms with Gasteiger partial charge in [-0.1, -0.05) is 46.3 Å². The smallest absolute Gasteiger partial charge is 0.238 e. The standard InChI is InChI=1S/C23H19BrN2O3/c1-28-19-12-17-18(13-20(19)29-2)26-23(27)21(17)22(14-6-4-3-5-7-14)25-16-10-8-15(24)9-11-16/h3-13,21H,1-2H3,(H,26,27). The fraction of sp³-hybridized carbons (Fsp3) is 0.130. The van der Waals surface area contributed by atoms with Crippen LogP contribution in [0.2, 0.25) is 0 Å². The molecule has 1 N–H and O–H groups in total. The molecule has 1 aliphatic heterocycles. The minimum absolute atomic E-state index is 0.130. The van der Waals surface area contributed by atoms with Crippen molar-refractivity contribution in [2.24, 2.45) is 4.99 Å². The number of hydrogen-bond acceptors (Lipinski definition) is 4. The Morgan fingerprint density at radius 1 is 0.966 bits per heavy atom. The minimum Gasteiger partial charge on any atom is -0.493 e. The van der Waals surface area contributed by atoms with Crippen LogP contribution < -0.4 is 14.8 Å². The Balaban J connectivity index is 1.88. The molecule has 146 valence electrons. The van der Waals surface area contributed by atoms with Gasteiger partial charge in [-0.2, -0.15) is 0 Å². The van der Waals surface area contributed by atoms with Gasteiger partial charge in [-0.05, 0) is 41.5 Å². The third-order valence-corrected chi connectivity index (χ3v) is 5.33. The van der Waals surface area contributed by atoms with Crippen molar-refractivity contribution in [3.63, 3.8) is 0 Å². The number of carbonyl (C=O) groups excluding carboxylic acids is 1. The summed E-state index contributed by atoms with van der Waals surface area (Å²) in [5, 5.41) is 2.96. The summed E-state index contributed by atoms with van der Waals surface area (Å²) in [6.07, 6.45) is 0. The van der Waals surface area contributed by atoms with Crippen LogP contribution in [-0.4, -0.2) is 25.8 Å². The normalized spacial score (nSPS) is 15.6. The van der Waals surface area contributed by atoms with Crippen LogP contribution in [-0.2, 0) is 4.79 Å². The molecular formula is C23H19BrN2O3. The summed E-state index contributed by atoms with van der Waals surface area (Å²) in [5.41, 5.74) is 3.85. The maximum absolute atomic E-state index is 13.0. The van der Waals surface area contributed by atoms with E-state index in [-0.39, 0.29) is 5.91 Å². The van der Waals surface area contributed by atoms with E-state index in [2.05, 4.69) is 21.2 Å². The second-order valence-corrected chi connectivity index (χ2v) is 7.47. The number of nitrogens with zero attached hydrogens (tertiary/aromatic N) is 1. The number of halogens is 1. The summed E-state index contributed by atoms with van der Waals surface area (Å²) in [6.45, 7) is 0. The molecule has 0 aromatic heterocycles. The number of ether oxygens (including phenoxy) is 2. The Bertz CT molecular complexity index is 1080. The summed E-state index contributed by atoms with van der Waals surface area (Å²) in [7, 11) is 3.15. The number of aliphatic imine (C=N–C) groups is 1. The lowest BCUT2D eigenvalue weighted by atomic mass is 9.90. The molecule has 0 radical (unpaired) electrons. The molecule has 0 fully saturated rings. The maximum Gasteiger partial charge on any atom is 0.238 e. The van der Waals surface area contributed by atoms with Gasteiger partial charge in [-0.3, -0.25) is 9.79 Å². The molecule has 0 saturated heterocycles. The number of rotatable bonds is 5. The highest BCUT2D eigenvalue weighted by Crippen LogP contribution is 2.42. The molecular weight excluding hydrogens is 432 g/mol. The van der Waals surface area contributed by atoms with Crippen LogP contribution in [0.3, 0.4) is 0 Å². The van der Waals surface area contributed by atoms with Gasteiger partial charge >= 0.3 is 0 Å². The first-order valence-electron chi connectivity index (χ1n) is 9.07. The van der Waals surface area contributed by atoms with Gasteiger partial charge < -0.3 is 14.8 Å². The second-order valence-electron chi connectivity index (χ2n) is 6.56. The Morgan fingerprint density at radius 2 is 1.62 bits per heavy atom. The number of nitrogens with one attached hydrogen (secondary N) is 1. The molecule has 6 heteroatoms. The largest absolute Gasteiger partial charge is 0.493 e. The molecule has 4 rings (SSSR count). The monoisotopic (exact) mass is 450 g/mol. The van der Waals surface area contributed by atoms with E-state index < -0.39 is 5.92 Å². The molecule has 29 heavy (non-hydrogen) atoms. The molecule has 5 nitrogen and oxygen atoms in total. The first kappa shape index (κ1) is 19.2. The number of fused-ring (bicyclic) bond motifs is 1. The van der Waals surface area contributed by atoms with E-state index in [1.54, 1.807) is 20.3 Å². The van der Waals surface area contributed by atoms with Gasteiger partial charge in [0.25, 0.3) is 0 Å². The van der Waals surface area contributed by atoms with Crippen LogP contribution in [0, 0.1) is 0 Å². The van der Waals surface area contributed by atoms with Crippen molar-refractivity contribution in [3.05, 3.63) is 82.3 Å². The number of anilines is 1. The zero-order chi connectivity index (χ0) is 20.4. The zero-order valence-corrected chi connectivity index (χ0v) is 17.6. The highest BCUT2D eigenvalue weighted by Gasteiger charge is 2.36. The van der Waals surface area contributed by atoms with Crippen LogP contribution in [0.1, 0.15) is 17.0 Å². The van der Waals surface area contributed by atoms with Gasteiger partial charge in [0.15, 0.2) is 11.5 Å². The van der Waals surface area contributed by atoms with Gasteiger partial charge in [0, 0.05) is 16.2 Å². The fourth-order valence-corrected chi connectivity index (χ4v) is 3.68. The molecule has 1 amide bonds. The van der Waals surface area contributed by atoms with Crippen LogP contribution in [0.4, 0.5) is 11.4 Å². The lowest BCUT2D eigenvalue weighted by molar-refractivity contribution is -0.115. The molecule has 0 saturated carbocycles. The van der Waals surface area contributed by atoms with E-state index >= 15 is 0 Å². The van der Waals surface area contributed by atoms with E-state index in [0.29, 0.717) is 22.9 Å². The van der Waals surface area contributed by atoms with Crippen molar-refractivity contribution in [3.8, 4) is 11.5 Å². The molecule has 3 aromatic rings. The first-order chi connectivity index (χ1) is 14.1. The number of amides is 1. The fourth-order valence-electron chi connectivity index (χ4n) is 3.42. The number of carbonyl (C=O) groups is 1. The molecule has 3 aromatic carbocycles. The maximum atomic E-state index is 13.0. The number of methoxy groups -OCH3 is 2. The second kappa shape index (κ2) is 8.09. The van der Waals surface area contributed by atoms with E-state index in [1.807, 2.05) is 60.7 Å². The number of benzene rings is 3. The molecule has 0 bridgehead atoms. The zero-order valence-electron chi connectivity index (χ0n) is 16.0. The third-order valence-electron chi connectivity index (χ3n) is 4.81. The van der Waals surface area contributed by atoms with Gasteiger partial charge in [0.1, 0.15) is 5.92 Å². The van der Waals surface area contributed by atoms with Crippen molar-refractivity contribution in [1.82, 2.24) is 0 Å². The van der Waals surface area contributed by atoms with Crippen molar-refractivity contribution in [2.75, 3.05) is 19.5 Å². The summed E-state index contributed by atoms with van der Waals surface area (Å²) in [6, 6.07) is 21.1. The van der Waals surface area contributed by atoms with Crippen LogP contribution in [0.25, 0.3) is 0 Å². The number of hydrogen-bond donors (Lipinski definition) is 1. The Labute approximate surface area is 177 Å². The van der Waals surface area contributed by atoms with Crippen molar-refractivity contribution in [2.45, 2.75) is 5.92 Å².